The average Bonchev–Trinajstić information content (AvgIpc) is 3.22. The van der Waals surface area contributed by atoms with Crippen LogP contribution in [0.3, 0.4) is 0 Å². The lowest BCUT2D eigenvalue weighted by molar-refractivity contribution is 0.0999. The lowest BCUT2D eigenvalue weighted by atomic mass is 9.87. The molecule has 1 amide bonds. The van der Waals surface area contributed by atoms with E-state index in [4.69, 9.17) is 10.5 Å². The van der Waals surface area contributed by atoms with Crippen LogP contribution >= 0.6 is 0 Å². The molecular weight excluding hydrogens is 386 g/mol. The van der Waals surface area contributed by atoms with Gasteiger partial charge >= 0.3 is 0 Å². The Morgan fingerprint density at radius 2 is 1.87 bits per heavy atom. The first-order chi connectivity index (χ1) is 14.9. The number of carbonyl (C=O) groups excluding carboxylic acids is 1. The van der Waals surface area contributed by atoms with Crippen LogP contribution in [0.1, 0.15) is 64.7 Å². The van der Waals surface area contributed by atoms with E-state index in [0.29, 0.717) is 23.4 Å². The van der Waals surface area contributed by atoms with Gasteiger partial charge in [0.2, 0.25) is 11.8 Å². The number of ether oxygens (including phenoxy) is 1. The highest BCUT2D eigenvalue weighted by Crippen LogP contribution is 2.38. The Bertz CT molecular complexity index is 744. The molecule has 0 aliphatic heterocycles. The molecule has 1 heterocycles. The van der Waals surface area contributed by atoms with Crippen molar-refractivity contribution >= 4 is 5.91 Å². The van der Waals surface area contributed by atoms with Gasteiger partial charge in [-0.1, -0.05) is 50.6 Å². The van der Waals surface area contributed by atoms with Crippen molar-refractivity contribution in [3.05, 3.63) is 72.0 Å². The fourth-order valence-electron chi connectivity index (χ4n) is 3.28. The largest absolute Gasteiger partial charge is 0.469 e. The number of likely N-dealkylation sites (N-methyl/N-ethyl adjacent to an activating group) is 1. The van der Waals surface area contributed by atoms with Crippen molar-refractivity contribution in [3.63, 3.8) is 0 Å². The summed E-state index contributed by atoms with van der Waals surface area (Å²) in [5.41, 5.74) is 8.48. The number of aromatic nitrogens is 1. The minimum atomic E-state index is -0.483. The third-order valence-electron chi connectivity index (χ3n) is 4.92. The van der Waals surface area contributed by atoms with Crippen LogP contribution < -0.4 is 15.8 Å². The van der Waals surface area contributed by atoms with E-state index < -0.39 is 5.91 Å². The zero-order chi connectivity index (χ0) is 23.8. The van der Waals surface area contributed by atoms with Crippen molar-refractivity contribution in [2.24, 2.45) is 11.7 Å². The van der Waals surface area contributed by atoms with Gasteiger partial charge in [0.1, 0.15) is 6.10 Å². The van der Waals surface area contributed by atoms with Crippen LogP contribution in [0.2, 0.25) is 0 Å². The van der Waals surface area contributed by atoms with Crippen LogP contribution in [0.25, 0.3) is 0 Å². The number of primary amides is 1. The van der Waals surface area contributed by atoms with Gasteiger partial charge in [-0.2, -0.15) is 0 Å². The Morgan fingerprint density at radius 1 is 1.26 bits per heavy atom. The molecule has 5 heteroatoms. The number of rotatable bonds is 4. The van der Waals surface area contributed by atoms with E-state index in [2.05, 4.69) is 36.0 Å². The number of nitrogens with two attached hydrogens (primary N) is 1. The van der Waals surface area contributed by atoms with E-state index in [0.717, 1.165) is 12.8 Å². The smallest absolute Gasteiger partial charge is 0.250 e. The van der Waals surface area contributed by atoms with Gasteiger partial charge in [-0.3, -0.25) is 4.79 Å². The maximum Gasteiger partial charge on any atom is 0.250 e. The summed E-state index contributed by atoms with van der Waals surface area (Å²) in [5, 5.41) is 3.36. The normalized spacial score (nSPS) is 20.9. The minimum Gasteiger partial charge on any atom is -0.469 e. The first-order valence-corrected chi connectivity index (χ1v) is 11.1. The van der Waals surface area contributed by atoms with Crippen molar-refractivity contribution in [1.29, 1.82) is 0 Å². The predicted octanol–water partition coefficient (Wildman–Crippen LogP) is 5.61. The van der Waals surface area contributed by atoms with Crippen molar-refractivity contribution in [3.8, 4) is 5.88 Å². The minimum absolute atomic E-state index is 0.0266. The predicted molar refractivity (Wildman–Crippen MR) is 132 cm³/mol. The molecular formula is C26H41N3O2. The van der Waals surface area contributed by atoms with Crippen LogP contribution in [0.4, 0.5) is 0 Å². The molecule has 0 radical (unpaired) electrons. The summed E-state index contributed by atoms with van der Waals surface area (Å²) in [6, 6.07) is 3.79. The van der Waals surface area contributed by atoms with Gasteiger partial charge in [0, 0.05) is 24.2 Å². The molecule has 1 aromatic rings. The zero-order valence-electron chi connectivity index (χ0n) is 20.3. The topological polar surface area (TPSA) is 77.2 Å². The van der Waals surface area contributed by atoms with Gasteiger partial charge in [0.25, 0.3) is 0 Å². The lowest BCUT2D eigenvalue weighted by Crippen LogP contribution is -2.29. The number of allylic oxidation sites excluding steroid dienone is 3. The van der Waals surface area contributed by atoms with Gasteiger partial charge in [-0.05, 0) is 58.4 Å². The second kappa shape index (κ2) is 16.1. The average molecular weight is 428 g/mol. The molecule has 0 bridgehead atoms. The Hall–Kier alpha value is -2.66. The third kappa shape index (κ3) is 8.93. The standard InChI is InChI=1S/C17H21N3O2.C4H8.C3H6.C2H6/c1-10-12-4-6-14(19-2)13(12)5-7-15(10)22-16-8-3-11(9-20-16)17(18)21;1-3-4-2;1-3-2;1-2/h3,5,7-10,14-15,19H,4,6H2,1-2H3,(H2,18,21);3-4H,1-2H3;3H,1H2,2H3;1-2H3/b;4-3+;;. The number of pyridine rings is 1. The quantitative estimate of drug-likeness (QED) is 0.612. The lowest BCUT2D eigenvalue weighted by Gasteiger charge is -2.27. The Morgan fingerprint density at radius 3 is 2.32 bits per heavy atom. The summed E-state index contributed by atoms with van der Waals surface area (Å²) in [6.07, 6.45) is 13.7. The van der Waals surface area contributed by atoms with E-state index in [1.54, 1.807) is 18.2 Å². The molecule has 3 N–H and O–H groups in total. The third-order valence-corrected chi connectivity index (χ3v) is 4.92. The molecule has 3 unspecified atom stereocenters. The van der Waals surface area contributed by atoms with E-state index in [9.17, 15) is 4.79 Å². The number of nitrogens with one attached hydrogen (secondary N) is 1. The first-order valence-electron chi connectivity index (χ1n) is 11.1. The second-order valence-corrected chi connectivity index (χ2v) is 6.92. The monoisotopic (exact) mass is 427 g/mol. The van der Waals surface area contributed by atoms with E-state index in [1.807, 2.05) is 53.8 Å². The van der Waals surface area contributed by atoms with Gasteiger partial charge in [0.15, 0.2) is 0 Å². The molecule has 172 valence electrons. The number of carbonyl (C=O) groups is 1. The first kappa shape index (κ1) is 28.3. The van der Waals surface area contributed by atoms with Gasteiger partial charge in [0.05, 0.1) is 5.56 Å². The fourth-order valence-corrected chi connectivity index (χ4v) is 3.28. The van der Waals surface area contributed by atoms with Crippen molar-refractivity contribution < 1.29 is 9.53 Å². The Labute approximate surface area is 189 Å². The molecule has 0 fully saturated rings. The molecule has 2 aliphatic carbocycles. The molecule has 0 spiro atoms. The molecule has 3 atom stereocenters. The van der Waals surface area contributed by atoms with Gasteiger partial charge < -0.3 is 15.8 Å². The number of amides is 1. The Kier molecular flexibility index (Phi) is 14.7. The summed E-state index contributed by atoms with van der Waals surface area (Å²) < 4.78 is 5.97. The molecule has 0 saturated heterocycles. The SMILES string of the molecule is C/C=C/C.C=CC.CC.CNC1CCC2=C1C=CC(Oc1ccc(C(N)=O)cn1)C2C. The Balaban J connectivity index is 0.000000865. The molecule has 5 nitrogen and oxygen atoms in total. The number of hydrogen-bond donors (Lipinski definition) is 2. The van der Waals surface area contributed by atoms with Crippen LogP contribution in [0.5, 0.6) is 5.88 Å². The van der Waals surface area contributed by atoms with Crippen LogP contribution in [0.15, 0.2) is 66.4 Å². The summed E-state index contributed by atoms with van der Waals surface area (Å²) >= 11 is 0. The fraction of sp³-hybridized carbons (Fsp3) is 0.462. The summed E-state index contributed by atoms with van der Waals surface area (Å²) in [6.45, 7) is 15.4. The number of nitrogens with zero attached hydrogens (tertiary/aromatic N) is 1. The number of hydrogen-bond acceptors (Lipinski definition) is 4. The second-order valence-electron chi connectivity index (χ2n) is 6.92. The molecule has 31 heavy (non-hydrogen) atoms. The van der Waals surface area contributed by atoms with Crippen molar-refractivity contribution in [2.75, 3.05) is 7.05 Å². The van der Waals surface area contributed by atoms with Crippen molar-refractivity contribution in [1.82, 2.24) is 10.3 Å². The van der Waals surface area contributed by atoms with E-state index in [1.165, 1.54) is 17.3 Å². The zero-order valence-corrected chi connectivity index (χ0v) is 20.3. The molecule has 2 aliphatic rings. The maximum absolute atomic E-state index is 11.1. The highest BCUT2D eigenvalue weighted by molar-refractivity contribution is 5.92. The maximum atomic E-state index is 11.1. The highest BCUT2D eigenvalue weighted by atomic mass is 16.5. The summed E-state index contributed by atoms with van der Waals surface area (Å²) in [7, 11) is 2.01. The van der Waals surface area contributed by atoms with E-state index >= 15 is 0 Å². The van der Waals surface area contributed by atoms with Crippen LogP contribution in [-0.2, 0) is 0 Å². The van der Waals surface area contributed by atoms with Crippen molar-refractivity contribution in [2.45, 2.75) is 66.5 Å². The summed E-state index contributed by atoms with van der Waals surface area (Å²) in [5.74, 6) is 0.360. The van der Waals surface area contributed by atoms with Gasteiger partial charge in [-0.25, -0.2) is 4.98 Å². The molecule has 0 aromatic carbocycles. The molecule has 0 saturated carbocycles. The van der Waals surface area contributed by atoms with Gasteiger partial charge in [-0.15, -0.1) is 6.58 Å². The molecule has 3 rings (SSSR count). The molecule has 1 aromatic heterocycles. The summed E-state index contributed by atoms with van der Waals surface area (Å²) in [4.78, 5) is 15.2. The van der Waals surface area contributed by atoms with E-state index in [-0.39, 0.29) is 6.10 Å². The van der Waals surface area contributed by atoms with Crippen LogP contribution in [-0.4, -0.2) is 30.1 Å². The highest BCUT2D eigenvalue weighted by Gasteiger charge is 2.33. The van der Waals surface area contributed by atoms with Crippen LogP contribution in [0, 0.1) is 5.92 Å².